The summed E-state index contributed by atoms with van der Waals surface area (Å²) < 4.78 is 5.72. The number of anilines is 1. The van der Waals surface area contributed by atoms with Crippen LogP contribution in [-0.2, 0) is 0 Å². The van der Waals surface area contributed by atoms with Gasteiger partial charge >= 0.3 is 7.12 Å². The zero-order chi connectivity index (χ0) is 17.6. The Kier molecular flexibility index (Phi) is 5.13. The second kappa shape index (κ2) is 7.66. The Bertz CT molecular complexity index is 868. The second-order valence-corrected chi connectivity index (χ2v) is 5.36. The molecule has 6 heteroatoms. The molecule has 3 aromatic carbocycles. The van der Waals surface area contributed by atoms with Crippen LogP contribution in [0.1, 0.15) is 10.4 Å². The van der Waals surface area contributed by atoms with Gasteiger partial charge in [0.25, 0.3) is 5.91 Å². The van der Waals surface area contributed by atoms with Crippen molar-refractivity contribution in [1.82, 2.24) is 0 Å². The van der Waals surface area contributed by atoms with Crippen LogP contribution in [0, 0.1) is 0 Å². The lowest BCUT2D eigenvalue weighted by Gasteiger charge is -2.11. The summed E-state index contributed by atoms with van der Waals surface area (Å²) in [7, 11) is -1.66. The molecule has 0 fully saturated rings. The minimum absolute atomic E-state index is 0.229. The molecular weight excluding hydrogens is 317 g/mol. The van der Waals surface area contributed by atoms with E-state index < -0.39 is 7.12 Å². The van der Waals surface area contributed by atoms with E-state index in [4.69, 9.17) is 4.74 Å². The standard InChI is InChI=1S/C19H16BNO4/c22-19(21-18-12-5-4-11-17(18)20(23)24)14-7-6-10-16(13-14)25-15-8-2-1-3-9-15/h1-13,23-24H,(H,21,22). The van der Waals surface area contributed by atoms with Crippen molar-refractivity contribution in [3.63, 3.8) is 0 Å². The molecule has 0 aliphatic rings. The zero-order valence-corrected chi connectivity index (χ0v) is 13.3. The molecule has 0 unspecified atom stereocenters. The van der Waals surface area contributed by atoms with E-state index in [2.05, 4.69) is 5.32 Å². The highest BCUT2D eigenvalue weighted by atomic mass is 16.5. The van der Waals surface area contributed by atoms with Crippen LogP contribution in [0.4, 0.5) is 5.69 Å². The van der Waals surface area contributed by atoms with E-state index in [0.29, 0.717) is 22.7 Å². The first-order valence-corrected chi connectivity index (χ1v) is 7.73. The van der Waals surface area contributed by atoms with Crippen molar-refractivity contribution in [3.05, 3.63) is 84.4 Å². The van der Waals surface area contributed by atoms with Crippen molar-refractivity contribution in [2.45, 2.75) is 0 Å². The fourth-order valence-corrected chi connectivity index (χ4v) is 2.36. The molecule has 3 aromatic rings. The maximum atomic E-state index is 12.5. The van der Waals surface area contributed by atoms with Gasteiger partial charge in [-0.05, 0) is 36.4 Å². The highest BCUT2D eigenvalue weighted by molar-refractivity contribution is 6.60. The van der Waals surface area contributed by atoms with Crippen molar-refractivity contribution in [2.24, 2.45) is 0 Å². The summed E-state index contributed by atoms with van der Waals surface area (Å²) in [6.45, 7) is 0. The monoisotopic (exact) mass is 333 g/mol. The van der Waals surface area contributed by atoms with Crippen LogP contribution in [0.25, 0.3) is 0 Å². The number of hydrogen-bond acceptors (Lipinski definition) is 4. The quantitative estimate of drug-likeness (QED) is 0.627. The van der Waals surface area contributed by atoms with Crippen LogP contribution in [0.5, 0.6) is 11.5 Å². The van der Waals surface area contributed by atoms with Gasteiger partial charge in [-0.15, -0.1) is 0 Å². The average Bonchev–Trinajstić information content (AvgIpc) is 2.63. The number of ether oxygens (including phenoxy) is 1. The normalized spacial score (nSPS) is 10.2. The lowest BCUT2D eigenvalue weighted by molar-refractivity contribution is 0.102. The average molecular weight is 333 g/mol. The predicted molar refractivity (Wildman–Crippen MR) is 97.2 cm³/mol. The maximum Gasteiger partial charge on any atom is 0.490 e. The zero-order valence-electron chi connectivity index (χ0n) is 13.3. The van der Waals surface area contributed by atoms with Gasteiger partial charge < -0.3 is 20.1 Å². The summed E-state index contributed by atoms with van der Waals surface area (Å²) in [5.74, 6) is 0.842. The summed E-state index contributed by atoms with van der Waals surface area (Å²) >= 11 is 0. The predicted octanol–water partition coefficient (Wildman–Crippen LogP) is 2.41. The van der Waals surface area contributed by atoms with Crippen molar-refractivity contribution >= 4 is 24.2 Å². The molecule has 0 aromatic heterocycles. The minimum atomic E-state index is -1.66. The van der Waals surface area contributed by atoms with Crippen LogP contribution in [0.2, 0.25) is 0 Å². The van der Waals surface area contributed by atoms with Gasteiger partial charge in [-0.3, -0.25) is 4.79 Å². The SMILES string of the molecule is O=C(Nc1ccccc1B(O)O)c1cccc(Oc2ccccc2)c1. The number of nitrogens with one attached hydrogen (secondary N) is 1. The molecule has 0 aliphatic carbocycles. The lowest BCUT2D eigenvalue weighted by Crippen LogP contribution is -2.33. The maximum absolute atomic E-state index is 12.5. The number of carbonyl (C=O) groups excluding carboxylic acids is 1. The van der Waals surface area contributed by atoms with Crippen LogP contribution >= 0.6 is 0 Å². The first-order valence-electron chi connectivity index (χ1n) is 7.73. The third-order valence-electron chi connectivity index (χ3n) is 3.56. The summed E-state index contributed by atoms with van der Waals surface area (Å²) in [6, 6.07) is 22.6. The highest BCUT2D eigenvalue weighted by Gasteiger charge is 2.17. The number of carbonyl (C=O) groups is 1. The topological polar surface area (TPSA) is 78.8 Å². The van der Waals surface area contributed by atoms with Crippen LogP contribution in [-0.4, -0.2) is 23.1 Å². The van der Waals surface area contributed by atoms with Crippen molar-refractivity contribution in [2.75, 3.05) is 5.32 Å². The molecule has 124 valence electrons. The van der Waals surface area contributed by atoms with Gasteiger partial charge in [0.1, 0.15) is 11.5 Å². The largest absolute Gasteiger partial charge is 0.490 e. The van der Waals surface area contributed by atoms with E-state index in [0.717, 1.165) is 0 Å². The van der Waals surface area contributed by atoms with Crippen LogP contribution in [0.15, 0.2) is 78.9 Å². The number of rotatable bonds is 5. The van der Waals surface area contributed by atoms with Crippen molar-refractivity contribution in [1.29, 1.82) is 0 Å². The van der Waals surface area contributed by atoms with E-state index in [9.17, 15) is 14.8 Å². The molecule has 0 atom stereocenters. The minimum Gasteiger partial charge on any atom is -0.457 e. The molecule has 3 rings (SSSR count). The van der Waals surface area contributed by atoms with Gasteiger partial charge in [0.05, 0.1) is 0 Å². The molecule has 0 spiro atoms. The van der Waals surface area contributed by atoms with Gasteiger partial charge in [0, 0.05) is 16.7 Å². The number of amides is 1. The van der Waals surface area contributed by atoms with Gasteiger partial charge in [0.15, 0.2) is 0 Å². The molecule has 0 heterocycles. The molecule has 3 N–H and O–H groups in total. The Hall–Kier alpha value is -3.09. The number of hydrogen-bond donors (Lipinski definition) is 3. The van der Waals surface area contributed by atoms with Crippen molar-refractivity contribution < 1.29 is 19.6 Å². The first kappa shape index (κ1) is 16.8. The van der Waals surface area contributed by atoms with Gasteiger partial charge in [0.2, 0.25) is 0 Å². The van der Waals surface area contributed by atoms with Gasteiger partial charge in [-0.2, -0.15) is 0 Å². The fraction of sp³-hybridized carbons (Fsp3) is 0. The Morgan fingerprint density at radius 3 is 2.28 bits per heavy atom. The molecule has 1 amide bonds. The summed E-state index contributed by atoms with van der Waals surface area (Å²) in [4.78, 5) is 12.5. The molecular formula is C19H16BNO4. The number of benzene rings is 3. The molecule has 0 saturated carbocycles. The van der Waals surface area contributed by atoms with Crippen LogP contribution < -0.4 is 15.5 Å². The molecule has 0 radical (unpaired) electrons. The Labute approximate surface area is 145 Å². The highest BCUT2D eigenvalue weighted by Crippen LogP contribution is 2.22. The fourth-order valence-electron chi connectivity index (χ4n) is 2.36. The van der Waals surface area contributed by atoms with E-state index in [1.54, 1.807) is 42.5 Å². The first-order chi connectivity index (χ1) is 12.1. The second-order valence-electron chi connectivity index (χ2n) is 5.36. The summed E-state index contributed by atoms with van der Waals surface area (Å²) in [5.41, 5.74) is 0.972. The molecule has 25 heavy (non-hydrogen) atoms. The van der Waals surface area contributed by atoms with E-state index in [1.165, 1.54) is 6.07 Å². The van der Waals surface area contributed by atoms with Gasteiger partial charge in [-0.25, -0.2) is 0 Å². The lowest BCUT2D eigenvalue weighted by atomic mass is 9.79. The molecule has 0 saturated heterocycles. The van der Waals surface area contributed by atoms with Crippen molar-refractivity contribution in [3.8, 4) is 11.5 Å². The smallest absolute Gasteiger partial charge is 0.457 e. The summed E-state index contributed by atoms with van der Waals surface area (Å²) in [5, 5.41) is 21.4. The van der Waals surface area contributed by atoms with Crippen LogP contribution in [0.3, 0.4) is 0 Å². The Morgan fingerprint density at radius 1 is 0.840 bits per heavy atom. The van der Waals surface area contributed by atoms with Gasteiger partial charge in [-0.1, -0.05) is 42.5 Å². The molecule has 5 nitrogen and oxygen atoms in total. The van der Waals surface area contributed by atoms with E-state index >= 15 is 0 Å². The Balaban J connectivity index is 1.78. The molecule has 0 aliphatic heterocycles. The third-order valence-corrected chi connectivity index (χ3v) is 3.56. The summed E-state index contributed by atoms with van der Waals surface area (Å²) in [6.07, 6.45) is 0. The Morgan fingerprint density at radius 2 is 1.52 bits per heavy atom. The van der Waals surface area contributed by atoms with E-state index in [-0.39, 0.29) is 11.4 Å². The third kappa shape index (κ3) is 4.26. The number of para-hydroxylation sites is 2. The molecule has 0 bridgehead atoms. The van der Waals surface area contributed by atoms with E-state index in [1.807, 2.05) is 30.3 Å².